The normalized spacial score (nSPS) is 10.6. The second-order valence-electron chi connectivity index (χ2n) is 9.93. The van der Waals surface area contributed by atoms with E-state index in [1.807, 2.05) is 6.92 Å². The van der Waals surface area contributed by atoms with Crippen LogP contribution < -0.4 is 0 Å². The van der Waals surface area contributed by atoms with E-state index in [0.717, 1.165) is 6.42 Å². The molecular formula is C29H82NNiSi6-. The summed E-state index contributed by atoms with van der Waals surface area (Å²) in [4.78, 5) is 2.38. The molecule has 0 spiro atoms. The molecule has 238 valence electrons. The fourth-order valence-corrected chi connectivity index (χ4v) is 7.07. The zero-order valence-electron chi connectivity index (χ0n) is 29.0. The summed E-state index contributed by atoms with van der Waals surface area (Å²) in [6, 6.07) is 7.78. The van der Waals surface area contributed by atoms with Crippen LogP contribution in [0, 0.1) is 6.92 Å². The van der Waals surface area contributed by atoms with Crippen LogP contribution in [0.5, 0.6) is 0 Å². The monoisotopic (exact) mass is 670 g/mol. The summed E-state index contributed by atoms with van der Waals surface area (Å²) in [5.74, 6) is 0. The molecule has 0 aromatic carbocycles. The molecule has 0 aromatic rings. The molecule has 1 nitrogen and oxygen atoms in total. The van der Waals surface area contributed by atoms with Crippen LogP contribution in [0.1, 0.15) is 99.3 Å². The standard InChI is InChI=1S/C7H19NSi.C7H18Si.2C5H14Si.C3H7.C2H10Si2.Ni/c1-4-8(2)6-5-7-9-3;1-3-5-7-8-6-4-2;2*1-3-4-5-6-2;1-3-2;1-4-2-3;/h4-7,9H2,1-3H3;3-8H2,1-2H3;2*3-6H2,1-2H3;1,3H2,2H3;2,4H2,1,3H3;/q;;;;-1;;. The summed E-state index contributed by atoms with van der Waals surface area (Å²) < 4.78 is 0. The van der Waals surface area contributed by atoms with Crippen LogP contribution in [-0.4, -0.2) is 82.9 Å². The Bertz CT molecular complexity index is 245. The van der Waals surface area contributed by atoms with Gasteiger partial charge in [0, 0.05) is 64.1 Å². The maximum Gasteiger partial charge on any atom is 0.0197 e. The molecule has 0 saturated carbocycles. The minimum absolute atomic E-state index is 0. The molecule has 0 aliphatic carbocycles. The first-order chi connectivity index (χ1) is 17.4. The van der Waals surface area contributed by atoms with Crippen molar-refractivity contribution in [2.45, 2.75) is 161 Å². The molecule has 0 unspecified atom stereocenters. The second kappa shape index (κ2) is 71.3. The van der Waals surface area contributed by atoms with E-state index in [1.165, 1.54) is 80.7 Å². The predicted octanol–water partition coefficient (Wildman–Crippen LogP) is 6.18. The molecule has 0 aromatic heterocycles. The third-order valence-electron chi connectivity index (χ3n) is 5.55. The van der Waals surface area contributed by atoms with Gasteiger partial charge in [0.25, 0.3) is 0 Å². The third-order valence-corrected chi connectivity index (χ3v) is 15.4. The van der Waals surface area contributed by atoms with Crippen LogP contribution in [-0.2, 0) is 16.5 Å². The Kier molecular flexibility index (Phi) is 105. The average molecular weight is 672 g/mol. The van der Waals surface area contributed by atoms with Crippen LogP contribution in [0.15, 0.2) is 0 Å². The molecule has 0 aliphatic rings. The van der Waals surface area contributed by atoms with Crippen LogP contribution in [0.25, 0.3) is 0 Å². The number of unbranched alkanes of at least 4 members (excludes halogenated alkanes) is 3. The van der Waals surface area contributed by atoms with Crippen molar-refractivity contribution in [1.82, 2.24) is 4.90 Å². The summed E-state index contributed by atoms with van der Waals surface area (Å²) in [5.41, 5.74) is 1.60. The van der Waals surface area contributed by atoms with Gasteiger partial charge in [-0.15, -0.1) is 0 Å². The van der Waals surface area contributed by atoms with Gasteiger partial charge in [-0.05, 0) is 36.8 Å². The maximum absolute atomic E-state index is 3.49. The van der Waals surface area contributed by atoms with Gasteiger partial charge < -0.3 is 11.8 Å². The molecule has 0 fully saturated rings. The van der Waals surface area contributed by atoms with Crippen LogP contribution in [0.3, 0.4) is 0 Å². The smallest absolute Gasteiger partial charge is 0.0197 e. The quantitative estimate of drug-likeness (QED) is 0.101. The number of rotatable bonds is 17. The van der Waals surface area contributed by atoms with Crippen molar-refractivity contribution in [2.24, 2.45) is 0 Å². The molecule has 0 rings (SSSR count). The Hall–Kier alpha value is 1.75. The molecule has 0 bridgehead atoms. The van der Waals surface area contributed by atoms with E-state index in [4.69, 9.17) is 0 Å². The van der Waals surface area contributed by atoms with Gasteiger partial charge in [-0.25, -0.2) is 0 Å². The second-order valence-corrected chi connectivity index (χ2v) is 22.2. The van der Waals surface area contributed by atoms with Gasteiger partial charge >= 0.3 is 0 Å². The van der Waals surface area contributed by atoms with E-state index in [0.29, 0.717) is 47.6 Å². The van der Waals surface area contributed by atoms with Gasteiger partial charge in [-0.3, -0.25) is 0 Å². The van der Waals surface area contributed by atoms with Gasteiger partial charge in [0.2, 0.25) is 0 Å². The summed E-state index contributed by atoms with van der Waals surface area (Å²) in [6.07, 6.45) is 12.5. The Morgan fingerprint density at radius 2 is 0.946 bits per heavy atom. The van der Waals surface area contributed by atoms with Gasteiger partial charge in [0.15, 0.2) is 0 Å². The maximum atomic E-state index is 3.49. The van der Waals surface area contributed by atoms with Crippen LogP contribution >= 0.6 is 0 Å². The number of hydrogen-bond donors (Lipinski definition) is 0. The molecule has 37 heavy (non-hydrogen) atoms. The minimum atomic E-state index is 0. The van der Waals surface area contributed by atoms with Crippen molar-refractivity contribution < 1.29 is 16.5 Å². The van der Waals surface area contributed by atoms with E-state index in [2.05, 4.69) is 79.7 Å². The number of hydrogen-bond acceptors (Lipinski definition) is 1. The van der Waals surface area contributed by atoms with Crippen molar-refractivity contribution in [3.8, 4) is 0 Å². The fourth-order valence-electron chi connectivity index (χ4n) is 2.64. The Labute approximate surface area is 266 Å². The first kappa shape index (κ1) is 54.8. The fraction of sp³-hybridized carbons (Fsp3) is 0.966. The van der Waals surface area contributed by atoms with Crippen molar-refractivity contribution >= 4 is 57.8 Å². The van der Waals surface area contributed by atoms with Crippen molar-refractivity contribution in [1.29, 1.82) is 0 Å². The topological polar surface area (TPSA) is 3.24 Å². The van der Waals surface area contributed by atoms with E-state index in [9.17, 15) is 0 Å². The minimum Gasteiger partial charge on any atom is -0.344 e. The Morgan fingerprint density at radius 3 is 1.19 bits per heavy atom. The molecule has 0 saturated heterocycles. The summed E-state index contributed by atoms with van der Waals surface area (Å²) in [7, 11) is 5.67. The largest absolute Gasteiger partial charge is 0.344 e. The Morgan fingerprint density at radius 1 is 0.595 bits per heavy atom. The van der Waals surface area contributed by atoms with Crippen LogP contribution in [0.4, 0.5) is 0 Å². The molecule has 8 heteroatoms. The molecule has 0 radical (unpaired) electrons. The van der Waals surface area contributed by atoms with E-state index in [-0.39, 0.29) is 16.5 Å². The zero-order chi connectivity index (χ0) is 29.1. The molecule has 0 amide bonds. The number of nitrogens with zero attached hydrogens (tertiary/aromatic N) is 1. The first-order valence-electron chi connectivity index (χ1n) is 16.9. The molecule has 0 heterocycles. The van der Waals surface area contributed by atoms with Gasteiger partial charge in [0.05, 0.1) is 0 Å². The molecule has 0 aliphatic heterocycles. The third kappa shape index (κ3) is 112. The van der Waals surface area contributed by atoms with Gasteiger partial charge in [0.1, 0.15) is 0 Å². The van der Waals surface area contributed by atoms with Crippen LogP contribution in [0.2, 0.25) is 62.1 Å². The SMILES string of the molecule is CCCC[SiH2]C.CCCC[SiH2]C.CCCC[SiH2]CCC.CCN(C)CCC[SiH2]C.C[SiH2]C[SiH3].[CH2-]CC.[Ni]. The first-order valence-corrected chi connectivity index (χ1v) is 29.9. The summed E-state index contributed by atoms with van der Waals surface area (Å²) in [6.45, 7) is 28.8. The summed E-state index contributed by atoms with van der Waals surface area (Å²) >= 11 is 0. The van der Waals surface area contributed by atoms with E-state index < -0.39 is 0 Å². The summed E-state index contributed by atoms with van der Waals surface area (Å²) in [5, 5.41) is 0. The van der Waals surface area contributed by atoms with E-state index in [1.54, 1.807) is 29.8 Å². The molecule has 0 N–H and O–H groups in total. The zero-order valence-corrected chi connectivity index (χ0v) is 39.1. The predicted molar refractivity (Wildman–Crippen MR) is 203 cm³/mol. The van der Waals surface area contributed by atoms with Crippen molar-refractivity contribution in [2.75, 3.05) is 20.1 Å². The molecule has 0 atom stereocenters. The Balaban J connectivity index is -0.0000000600. The molecular weight excluding hydrogens is 590 g/mol. The average Bonchev–Trinajstić information content (AvgIpc) is 2.90. The van der Waals surface area contributed by atoms with Gasteiger partial charge in [-0.2, -0.15) is 6.42 Å². The van der Waals surface area contributed by atoms with Crippen molar-refractivity contribution in [3.05, 3.63) is 6.92 Å². The van der Waals surface area contributed by atoms with Crippen molar-refractivity contribution in [3.63, 3.8) is 0 Å². The van der Waals surface area contributed by atoms with E-state index >= 15 is 0 Å². The van der Waals surface area contributed by atoms with Gasteiger partial charge in [-0.1, -0.05) is 149 Å².